The van der Waals surface area contributed by atoms with Crippen molar-refractivity contribution < 1.29 is 9.47 Å². The fourth-order valence-corrected chi connectivity index (χ4v) is 9.42. The van der Waals surface area contributed by atoms with Crippen LogP contribution in [0.2, 0.25) is 0 Å². The third-order valence-corrected chi connectivity index (χ3v) is 13.3. The van der Waals surface area contributed by atoms with Crippen molar-refractivity contribution in [3.05, 3.63) is 203 Å². The van der Waals surface area contributed by atoms with Crippen molar-refractivity contribution in [2.45, 2.75) is 84.5 Å². The Kier molecular flexibility index (Phi) is 22.9. The minimum atomic E-state index is 0.695. The van der Waals surface area contributed by atoms with Gasteiger partial charge in [-0.15, -0.1) is 0 Å². The molecule has 0 aliphatic carbocycles. The van der Waals surface area contributed by atoms with E-state index in [4.69, 9.17) is 9.47 Å². The van der Waals surface area contributed by atoms with Crippen LogP contribution in [0, 0.1) is 0 Å². The first-order chi connectivity index (χ1) is 33.9. The fourth-order valence-electron chi connectivity index (χ4n) is 9.42. The average molecular weight is 924 g/mol. The summed E-state index contributed by atoms with van der Waals surface area (Å²) >= 11 is 0. The Hall–Kier alpha value is -5.72. The van der Waals surface area contributed by atoms with Gasteiger partial charge >= 0.3 is 0 Å². The van der Waals surface area contributed by atoms with Crippen LogP contribution in [0.25, 0.3) is 22.3 Å². The molecule has 5 nitrogen and oxygen atoms in total. The molecule has 69 heavy (non-hydrogen) atoms. The van der Waals surface area contributed by atoms with Gasteiger partial charge in [0.2, 0.25) is 0 Å². The van der Waals surface area contributed by atoms with E-state index in [-0.39, 0.29) is 0 Å². The van der Waals surface area contributed by atoms with Gasteiger partial charge in [0.15, 0.2) is 0 Å². The Bertz CT molecular complexity index is 2360. The molecule has 0 N–H and O–H groups in total. The highest BCUT2D eigenvalue weighted by molar-refractivity contribution is 5.99. The number of likely N-dealkylation sites (N-methyl/N-ethyl adjacent to an activating group) is 1. The summed E-state index contributed by atoms with van der Waals surface area (Å²) in [4.78, 5) is 7.41. The summed E-state index contributed by atoms with van der Waals surface area (Å²) in [6, 6.07) is 60.5. The molecule has 0 bridgehead atoms. The normalized spacial score (nSPS) is 12.3. The average Bonchev–Trinajstić information content (AvgIpc) is 3.39. The summed E-state index contributed by atoms with van der Waals surface area (Å²) in [7, 11) is 6.77. The first kappa shape index (κ1) is 52.6. The van der Waals surface area contributed by atoms with Gasteiger partial charge in [-0.2, -0.15) is 0 Å². The first-order valence-electron chi connectivity index (χ1n) is 26.1. The van der Waals surface area contributed by atoms with Crippen LogP contribution in [0.1, 0.15) is 118 Å². The van der Waals surface area contributed by atoms with Crippen molar-refractivity contribution in [2.75, 3.05) is 73.6 Å². The molecule has 0 fully saturated rings. The fraction of sp³-hybridized carbons (Fsp3) is 0.375. The van der Waals surface area contributed by atoms with E-state index in [0.717, 1.165) is 63.5 Å². The Morgan fingerprint density at radius 3 is 0.942 bits per heavy atom. The molecular weight excluding hydrogens is 843 g/mol. The molecule has 6 aromatic carbocycles. The third-order valence-electron chi connectivity index (χ3n) is 13.3. The van der Waals surface area contributed by atoms with Gasteiger partial charge in [-0.3, -0.25) is 0 Å². The van der Waals surface area contributed by atoms with Gasteiger partial charge in [-0.05, 0) is 172 Å². The summed E-state index contributed by atoms with van der Waals surface area (Å²) in [5.41, 5.74) is 12.8. The van der Waals surface area contributed by atoms with Crippen LogP contribution in [0.3, 0.4) is 0 Å². The Labute approximate surface area is 417 Å². The lowest BCUT2D eigenvalue weighted by atomic mass is 9.88. The second kappa shape index (κ2) is 30.0. The van der Waals surface area contributed by atoms with Gasteiger partial charge in [0.1, 0.15) is 18.1 Å². The predicted molar refractivity (Wildman–Crippen MR) is 296 cm³/mol. The quantitative estimate of drug-likeness (QED) is 0.0320. The van der Waals surface area contributed by atoms with Gasteiger partial charge in [0.05, 0.1) is 6.61 Å². The van der Waals surface area contributed by atoms with Gasteiger partial charge < -0.3 is 24.2 Å². The lowest BCUT2D eigenvalue weighted by Gasteiger charge is -2.19. The molecule has 0 saturated heterocycles. The van der Waals surface area contributed by atoms with Crippen LogP contribution in [0.15, 0.2) is 170 Å². The standard InChI is InChI=1S/C64H81N3O2/c1-6-61(53-29-16-12-17-30-53)63(55-33-20-14-21-34-55)57-37-41-59(42-38-57)68-51-28-49-66(4)47-26-9-8-24-45-65(3)46-25-10-11-27-48-67(5)50-52-69-60-43-39-58(40-44-60)64(56-35-22-15-23-36-56)62(7-2)54-31-18-13-19-32-54/h12-23,29-44H,6-11,24-28,45-52H2,1-5H3. The Morgan fingerprint density at radius 1 is 0.304 bits per heavy atom. The van der Waals surface area contributed by atoms with Gasteiger partial charge in [0, 0.05) is 13.1 Å². The van der Waals surface area contributed by atoms with Crippen molar-refractivity contribution in [3.63, 3.8) is 0 Å². The van der Waals surface area contributed by atoms with Gasteiger partial charge in [-0.25, -0.2) is 0 Å². The van der Waals surface area contributed by atoms with E-state index in [1.54, 1.807) is 0 Å². The van der Waals surface area contributed by atoms with E-state index in [1.165, 1.54) is 120 Å². The van der Waals surface area contributed by atoms with Crippen LogP contribution in [0.4, 0.5) is 0 Å². The molecule has 5 heteroatoms. The summed E-state index contributed by atoms with van der Waals surface area (Å²) in [6.45, 7) is 12.6. The smallest absolute Gasteiger partial charge is 0.119 e. The second-order valence-corrected chi connectivity index (χ2v) is 18.7. The monoisotopic (exact) mass is 924 g/mol. The van der Waals surface area contributed by atoms with Crippen molar-refractivity contribution in [1.29, 1.82) is 0 Å². The second-order valence-electron chi connectivity index (χ2n) is 18.7. The molecule has 6 aromatic rings. The zero-order chi connectivity index (χ0) is 48.3. The highest BCUT2D eigenvalue weighted by Crippen LogP contribution is 2.36. The zero-order valence-electron chi connectivity index (χ0n) is 42.8. The molecule has 6 rings (SSSR count). The van der Waals surface area contributed by atoms with E-state index in [1.807, 2.05) is 0 Å². The number of rotatable bonds is 31. The zero-order valence-corrected chi connectivity index (χ0v) is 42.8. The van der Waals surface area contributed by atoms with E-state index in [2.05, 4.69) is 220 Å². The molecule has 0 radical (unpaired) electrons. The van der Waals surface area contributed by atoms with E-state index in [0.29, 0.717) is 6.61 Å². The first-order valence-corrected chi connectivity index (χ1v) is 26.1. The molecule has 0 spiro atoms. The van der Waals surface area contributed by atoms with Crippen molar-refractivity contribution in [2.24, 2.45) is 0 Å². The molecule has 0 aromatic heterocycles. The number of nitrogens with zero attached hydrogens (tertiary/aromatic N) is 3. The van der Waals surface area contributed by atoms with Gasteiger partial charge in [-0.1, -0.05) is 185 Å². The minimum Gasteiger partial charge on any atom is -0.494 e. The van der Waals surface area contributed by atoms with Crippen molar-refractivity contribution in [3.8, 4) is 11.5 Å². The molecule has 0 amide bonds. The number of hydrogen-bond donors (Lipinski definition) is 0. The number of unbranched alkanes of at least 4 members (excludes halogenated alkanes) is 6. The third kappa shape index (κ3) is 17.6. The lowest BCUT2D eigenvalue weighted by molar-refractivity contribution is 0.234. The van der Waals surface area contributed by atoms with E-state index < -0.39 is 0 Å². The molecule has 0 aliphatic rings. The molecule has 0 aliphatic heterocycles. The predicted octanol–water partition coefficient (Wildman–Crippen LogP) is 15.2. The summed E-state index contributed by atoms with van der Waals surface area (Å²) < 4.78 is 12.4. The highest BCUT2D eigenvalue weighted by Gasteiger charge is 2.15. The van der Waals surface area contributed by atoms with Crippen LogP contribution in [-0.4, -0.2) is 88.3 Å². The SMILES string of the molecule is CCC(=C(c1ccccc1)c1ccc(OCCCN(C)CCCCCCN(C)CCCCCCN(C)CCOc2ccc(C(=C(CC)c3ccccc3)c3ccccc3)cc2)cc1)c1ccccc1. The van der Waals surface area contributed by atoms with Crippen molar-refractivity contribution >= 4 is 22.3 Å². The van der Waals surface area contributed by atoms with Crippen LogP contribution < -0.4 is 9.47 Å². The van der Waals surface area contributed by atoms with E-state index >= 15 is 0 Å². The largest absolute Gasteiger partial charge is 0.494 e. The topological polar surface area (TPSA) is 28.2 Å². The number of hydrogen-bond acceptors (Lipinski definition) is 5. The minimum absolute atomic E-state index is 0.695. The maximum Gasteiger partial charge on any atom is 0.119 e. The number of allylic oxidation sites excluding steroid dienone is 2. The van der Waals surface area contributed by atoms with Crippen LogP contribution in [0.5, 0.6) is 11.5 Å². The number of benzene rings is 6. The molecular formula is C64H81N3O2. The van der Waals surface area contributed by atoms with Crippen molar-refractivity contribution in [1.82, 2.24) is 14.7 Å². The Balaban J connectivity index is 0.771. The maximum atomic E-state index is 6.22. The van der Waals surface area contributed by atoms with Crippen LogP contribution >= 0.6 is 0 Å². The maximum absolute atomic E-state index is 6.22. The molecule has 0 saturated carbocycles. The van der Waals surface area contributed by atoms with Gasteiger partial charge in [0.25, 0.3) is 0 Å². The molecule has 0 heterocycles. The Morgan fingerprint density at radius 2 is 0.594 bits per heavy atom. The lowest BCUT2D eigenvalue weighted by Crippen LogP contribution is -2.25. The molecule has 0 atom stereocenters. The molecule has 0 unspecified atom stereocenters. The van der Waals surface area contributed by atoms with Crippen LogP contribution in [-0.2, 0) is 0 Å². The summed E-state index contributed by atoms with van der Waals surface area (Å²) in [6.07, 6.45) is 13.2. The van der Waals surface area contributed by atoms with E-state index in [9.17, 15) is 0 Å². The summed E-state index contributed by atoms with van der Waals surface area (Å²) in [5, 5.41) is 0. The number of ether oxygens (including phenoxy) is 2. The highest BCUT2D eigenvalue weighted by atomic mass is 16.5. The summed E-state index contributed by atoms with van der Waals surface area (Å²) in [5.74, 6) is 1.87. The molecule has 364 valence electrons.